The van der Waals surface area contributed by atoms with Crippen molar-refractivity contribution in [3.8, 4) is 11.1 Å². The highest BCUT2D eigenvalue weighted by atomic mass is 32.2. The number of hydrogen-bond acceptors (Lipinski definition) is 4. The first-order valence-electron chi connectivity index (χ1n) is 7.87. The fourth-order valence-corrected chi connectivity index (χ4v) is 3.20. The number of methoxy groups -OCH3 is 1. The molecule has 2 aromatic carbocycles. The monoisotopic (exact) mass is 360 g/mol. The third-order valence-electron chi connectivity index (χ3n) is 3.88. The number of rotatable bonds is 5. The molecule has 0 heterocycles. The van der Waals surface area contributed by atoms with E-state index in [2.05, 4.69) is 0 Å². The first-order chi connectivity index (χ1) is 11.7. The standard InChI is InChI=1S/C19H23NO4S/c1-19(2,3)20(25(22)23)13-16-7-5-6-8-17(16)14-9-11-15(12-10-14)18(21)24-4/h5-12H,13H2,1-4H3,(H,22,23)/p-1. The van der Waals surface area contributed by atoms with Gasteiger partial charge in [-0.25, -0.2) is 9.10 Å². The van der Waals surface area contributed by atoms with Gasteiger partial charge in [0.05, 0.1) is 12.7 Å². The first kappa shape index (κ1) is 19.3. The summed E-state index contributed by atoms with van der Waals surface area (Å²) in [5.74, 6) is -0.388. The number of carbonyl (C=O) groups is 1. The largest absolute Gasteiger partial charge is 0.760 e. The zero-order valence-corrected chi connectivity index (χ0v) is 15.6. The van der Waals surface area contributed by atoms with Gasteiger partial charge in [0, 0.05) is 23.4 Å². The minimum absolute atomic E-state index is 0.272. The van der Waals surface area contributed by atoms with Crippen molar-refractivity contribution >= 4 is 17.2 Å². The minimum Gasteiger partial charge on any atom is -0.760 e. The van der Waals surface area contributed by atoms with Crippen LogP contribution in [-0.4, -0.2) is 31.7 Å². The van der Waals surface area contributed by atoms with Crippen molar-refractivity contribution in [1.82, 2.24) is 4.31 Å². The Morgan fingerprint density at radius 3 is 2.24 bits per heavy atom. The summed E-state index contributed by atoms with van der Waals surface area (Å²) in [5, 5.41) is 0. The van der Waals surface area contributed by atoms with Crippen LogP contribution < -0.4 is 0 Å². The lowest BCUT2D eigenvalue weighted by molar-refractivity contribution is 0.0600. The predicted octanol–water partition coefficient (Wildman–Crippen LogP) is 3.53. The van der Waals surface area contributed by atoms with E-state index in [4.69, 9.17) is 4.74 Å². The Morgan fingerprint density at radius 1 is 1.12 bits per heavy atom. The smallest absolute Gasteiger partial charge is 0.337 e. The van der Waals surface area contributed by atoms with Gasteiger partial charge in [0.2, 0.25) is 0 Å². The fraction of sp³-hybridized carbons (Fsp3) is 0.316. The van der Waals surface area contributed by atoms with Crippen molar-refractivity contribution in [2.75, 3.05) is 7.11 Å². The van der Waals surface area contributed by atoms with E-state index in [1.165, 1.54) is 11.4 Å². The molecule has 1 atom stereocenters. The van der Waals surface area contributed by atoms with Gasteiger partial charge in [-0.1, -0.05) is 36.4 Å². The van der Waals surface area contributed by atoms with E-state index in [1.54, 1.807) is 12.1 Å². The second-order valence-corrected chi connectivity index (χ2v) is 7.53. The Hall–Kier alpha value is -2.02. The summed E-state index contributed by atoms with van der Waals surface area (Å²) in [4.78, 5) is 11.6. The van der Waals surface area contributed by atoms with E-state index < -0.39 is 16.8 Å². The Labute approximate surface area is 151 Å². The number of ether oxygens (including phenoxy) is 1. The van der Waals surface area contributed by atoms with E-state index in [0.717, 1.165) is 16.7 Å². The molecule has 1 unspecified atom stereocenters. The third-order valence-corrected chi connectivity index (χ3v) is 4.91. The second-order valence-electron chi connectivity index (χ2n) is 6.65. The molecule has 0 saturated heterocycles. The average molecular weight is 360 g/mol. The Kier molecular flexibility index (Phi) is 6.11. The van der Waals surface area contributed by atoms with Gasteiger partial charge in [0.15, 0.2) is 0 Å². The van der Waals surface area contributed by atoms with Crippen LogP contribution in [0.1, 0.15) is 36.7 Å². The van der Waals surface area contributed by atoms with Gasteiger partial charge in [0.25, 0.3) is 0 Å². The van der Waals surface area contributed by atoms with Crippen LogP contribution in [0.15, 0.2) is 48.5 Å². The number of benzene rings is 2. The number of nitrogens with zero attached hydrogens (tertiary/aromatic N) is 1. The summed E-state index contributed by atoms with van der Waals surface area (Å²) in [6, 6.07) is 14.7. The lowest BCUT2D eigenvalue weighted by atomic mass is 9.98. The topological polar surface area (TPSA) is 69.7 Å². The molecule has 134 valence electrons. The molecule has 0 bridgehead atoms. The van der Waals surface area contributed by atoms with Gasteiger partial charge in [-0.2, -0.15) is 0 Å². The molecule has 0 aliphatic carbocycles. The maximum Gasteiger partial charge on any atom is 0.337 e. The quantitative estimate of drug-likeness (QED) is 0.604. The van der Waals surface area contributed by atoms with E-state index in [9.17, 15) is 13.6 Å². The molecule has 0 N–H and O–H groups in total. The summed E-state index contributed by atoms with van der Waals surface area (Å²) >= 11 is -2.33. The molecule has 0 saturated carbocycles. The van der Waals surface area contributed by atoms with Crippen molar-refractivity contribution in [3.63, 3.8) is 0 Å². The highest BCUT2D eigenvalue weighted by Gasteiger charge is 2.23. The summed E-state index contributed by atoms with van der Waals surface area (Å²) in [6.07, 6.45) is 0. The molecular weight excluding hydrogens is 338 g/mol. The zero-order chi connectivity index (χ0) is 18.6. The molecule has 2 aromatic rings. The highest BCUT2D eigenvalue weighted by Crippen LogP contribution is 2.28. The molecule has 0 radical (unpaired) electrons. The van der Waals surface area contributed by atoms with E-state index in [-0.39, 0.29) is 12.5 Å². The summed E-state index contributed by atoms with van der Waals surface area (Å²) in [6.45, 7) is 5.85. The fourth-order valence-electron chi connectivity index (χ4n) is 2.51. The van der Waals surface area contributed by atoms with E-state index in [0.29, 0.717) is 5.56 Å². The lowest BCUT2D eigenvalue weighted by Crippen LogP contribution is -2.41. The molecule has 0 fully saturated rings. The summed E-state index contributed by atoms with van der Waals surface area (Å²) < 4.78 is 29.4. The van der Waals surface area contributed by atoms with Gasteiger partial charge in [-0.3, -0.25) is 4.21 Å². The molecule has 0 amide bonds. The van der Waals surface area contributed by atoms with Gasteiger partial charge >= 0.3 is 5.97 Å². The Morgan fingerprint density at radius 2 is 1.72 bits per heavy atom. The van der Waals surface area contributed by atoms with Crippen LogP contribution in [0.2, 0.25) is 0 Å². The molecular formula is C19H22NO4S-. The van der Waals surface area contributed by atoms with Crippen molar-refractivity contribution in [3.05, 3.63) is 59.7 Å². The van der Waals surface area contributed by atoms with Gasteiger partial charge in [-0.15, -0.1) is 0 Å². The van der Waals surface area contributed by atoms with Crippen LogP contribution in [0.5, 0.6) is 0 Å². The Bertz CT molecular complexity index is 766. The van der Waals surface area contributed by atoms with Gasteiger partial charge in [-0.05, 0) is 49.6 Å². The lowest BCUT2D eigenvalue weighted by Gasteiger charge is -2.36. The van der Waals surface area contributed by atoms with Crippen LogP contribution >= 0.6 is 0 Å². The molecule has 25 heavy (non-hydrogen) atoms. The van der Waals surface area contributed by atoms with Crippen LogP contribution in [0.25, 0.3) is 11.1 Å². The first-order valence-corrected chi connectivity index (χ1v) is 8.91. The van der Waals surface area contributed by atoms with Crippen molar-refractivity contribution in [2.45, 2.75) is 32.9 Å². The zero-order valence-electron chi connectivity index (χ0n) is 14.8. The average Bonchev–Trinajstić information content (AvgIpc) is 2.58. The third kappa shape index (κ3) is 4.75. The number of carbonyl (C=O) groups excluding carboxylic acids is 1. The molecule has 0 aliphatic heterocycles. The normalized spacial score (nSPS) is 12.9. The predicted molar refractivity (Wildman–Crippen MR) is 97.4 cm³/mol. The maximum atomic E-state index is 11.6. The SMILES string of the molecule is COC(=O)c1ccc(-c2ccccc2CN(S(=O)[O-])C(C)(C)C)cc1. The van der Waals surface area contributed by atoms with Crippen molar-refractivity contribution in [1.29, 1.82) is 0 Å². The number of esters is 1. The molecule has 0 aromatic heterocycles. The molecule has 0 aliphatic rings. The molecule has 2 rings (SSSR count). The van der Waals surface area contributed by atoms with Crippen molar-refractivity contribution < 1.29 is 18.3 Å². The minimum atomic E-state index is -2.33. The molecule has 5 nitrogen and oxygen atoms in total. The Balaban J connectivity index is 2.38. The second kappa shape index (κ2) is 7.91. The van der Waals surface area contributed by atoms with E-state index in [1.807, 2.05) is 57.2 Å². The van der Waals surface area contributed by atoms with Crippen LogP contribution in [0.4, 0.5) is 0 Å². The van der Waals surface area contributed by atoms with Gasteiger partial charge in [0.1, 0.15) is 0 Å². The van der Waals surface area contributed by atoms with Crippen LogP contribution in [0, 0.1) is 0 Å². The van der Waals surface area contributed by atoms with Crippen LogP contribution in [0.3, 0.4) is 0 Å². The van der Waals surface area contributed by atoms with Crippen LogP contribution in [-0.2, 0) is 22.5 Å². The summed E-state index contributed by atoms with van der Waals surface area (Å²) in [5.41, 5.74) is 2.69. The maximum absolute atomic E-state index is 11.6. The summed E-state index contributed by atoms with van der Waals surface area (Å²) in [7, 11) is 1.34. The highest BCUT2D eigenvalue weighted by molar-refractivity contribution is 7.76. The van der Waals surface area contributed by atoms with Gasteiger partial charge < -0.3 is 9.29 Å². The number of hydrogen-bond donors (Lipinski definition) is 0. The molecule has 6 heteroatoms. The van der Waals surface area contributed by atoms with E-state index >= 15 is 0 Å². The molecule has 0 spiro atoms. The van der Waals surface area contributed by atoms with Crippen molar-refractivity contribution in [2.24, 2.45) is 0 Å².